The molecule has 3 aliphatic rings. The number of hydrogen-bond donors (Lipinski definition) is 2. The molecule has 0 spiro atoms. The van der Waals surface area contributed by atoms with Crippen molar-refractivity contribution in [1.82, 2.24) is 5.32 Å². The summed E-state index contributed by atoms with van der Waals surface area (Å²) in [5.41, 5.74) is 16.4. The lowest BCUT2D eigenvalue weighted by Gasteiger charge is -2.37. The van der Waals surface area contributed by atoms with Crippen molar-refractivity contribution in [3.8, 4) is 11.5 Å². The summed E-state index contributed by atoms with van der Waals surface area (Å²) >= 11 is 1.81. The van der Waals surface area contributed by atoms with Crippen LogP contribution in [0.1, 0.15) is 96.6 Å². The molecule has 338 valence electrons. The molecule has 0 fully saturated rings. The standard InChI is InChI=1S/C57H66N4O3S/c1-12-60-47-26-16-37-34-42(63-10)20-24-45(37)51(47)56(6,7)49(60)28-18-39-32-41(55(3,4)5)33-40(53(39)65-44-22-14-36(15-23-44)54(62)59-31-30-58)19-29-50-57(8,9)52-46-25-21-43(64-11)35-38(46)17-27-48(52)61(50)13-2/h14-29,34-35,41H,12-13,30-33,58H2,1-11H3/p+1. The molecule has 8 heteroatoms. The zero-order valence-corrected chi connectivity index (χ0v) is 41.1. The summed E-state index contributed by atoms with van der Waals surface area (Å²) in [5, 5.41) is 7.82. The van der Waals surface area contributed by atoms with E-state index in [1.807, 2.05) is 23.9 Å². The first-order valence-electron chi connectivity index (χ1n) is 23.3. The Morgan fingerprint density at radius 3 is 2.08 bits per heavy atom. The Bertz CT molecular complexity index is 2840. The van der Waals surface area contributed by atoms with Gasteiger partial charge in [0.25, 0.3) is 5.91 Å². The minimum atomic E-state index is -0.243. The second-order valence-corrected chi connectivity index (χ2v) is 20.9. The maximum atomic E-state index is 12.9. The average Bonchev–Trinajstić information content (AvgIpc) is 3.66. The number of benzene rings is 5. The number of thioether (sulfide) groups is 1. The van der Waals surface area contributed by atoms with E-state index >= 15 is 0 Å². The van der Waals surface area contributed by atoms with Gasteiger partial charge in [-0.05, 0) is 157 Å². The van der Waals surface area contributed by atoms with E-state index in [0.717, 1.165) is 42.3 Å². The van der Waals surface area contributed by atoms with Gasteiger partial charge >= 0.3 is 0 Å². The number of methoxy groups -OCH3 is 2. The second-order valence-electron chi connectivity index (χ2n) is 19.8. The summed E-state index contributed by atoms with van der Waals surface area (Å²) in [6.07, 6.45) is 11.6. The maximum Gasteiger partial charge on any atom is 0.251 e. The third-order valence-electron chi connectivity index (χ3n) is 14.1. The Balaban J connectivity index is 1.27. The van der Waals surface area contributed by atoms with Crippen molar-refractivity contribution in [2.75, 3.05) is 45.3 Å². The number of allylic oxidation sites excluding steroid dienone is 7. The van der Waals surface area contributed by atoms with Crippen LogP contribution in [0.2, 0.25) is 0 Å². The molecule has 1 unspecified atom stereocenters. The van der Waals surface area contributed by atoms with Crippen molar-refractivity contribution in [2.45, 2.75) is 90.9 Å². The first-order valence-corrected chi connectivity index (χ1v) is 24.1. The van der Waals surface area contributed by atoms with Gasteiger partial charge < -0.3 is 25.4 Å². The number of carbonyl (C=O) groups excluding carboxylic acids is 1. The van der Waals surface area contributed by atoms with Crippen LogP contribution in [-0.2, 0) is 10.8 Å². The van der Waals surface area contributed by atoms with Crippen molar-refractivity contribution >= 4 is 56.3 Å². The summed E-state index contributed by atoms with van der Waals surface area (Å²) in [6.45, 7) is 23.7. The number of nitrogens with two attached hydrogens (primary N) is 1. The number of nitrogens with zero attached hydrogens (tertiary/aromatic N) is 2. The number of hydrogen-bond acceptors (Lipinski definition) is 6. The highest BCUT2D eigenvalue weighted by Gasteiger charge is 2.46. The van der Waals surface area contributed by atoms with Crippen LogP contribution in [0.25, 0.3) is 21.5 Å². The lowest BCUT2D eigenvalue weighted by molar-refractivity contribution is -0.433. The monoisotopic (exact) mass is 887 g/mol. The Hall–Kier alpha value is -5.57. The van der Waals surface area contributed by atoms with Gasteiger partial charge in [-0.2, -0.15) is 4.58 Å². The molecular formula is C57H67N4O3S+. The van der Waals surface area contributed by atoms with Gasteiger partial charge in [-0.15, -0.1) is 0 Å². The number of ether oxygens (including phenoxy) is 2. The van der Waals surface area contributed by atoms with Crippen molar-refractivity contribution in [1.29, 1.82) is 0 Å². The number of nitrogens with one attached hydrogen (secondary N) is 1. The summed E-state index contributed by atoms with van der Waals surface area (Å²) in [7, 11) is 3.46. The van der Waals surface area contributed by atoms with E-state index in [1.165, 1.54) is 71.5 Å². The number of fused-ring (bicyclic) bond motifs is 6. The topological polar surface area (TPSA) is 79.8 Å². The van der Waals surface area contributed by atoms with E-state index in [9.17, 15) is 4.79 Å². The van der Waals surface area contributed by atoms with Gasteiger partial charge in [0.05, 0.1) is 19.6 Å². The summed E-state index contributed by atoms with van der Waals surface area (Å²) < 4.78 is 13.7. The lowest BCUT2D eigenvalue weighted by atomic mass is 9.70. The van der Waals surface area contributed by atoms with E-state index < -0.39 is 0 Å². The highest BCUT2D eigenvalue weighted by atomic mass is 32.2. The van der Waals surface area contributed by atoms with E-state index in [0.29, 0.717) is 24.6 Å². The minimum absolute atomic E-state index is 0.0732. The molecule has 0 aromatic heterocycles. The Kier molecular flexibility index (Phi) is 12.7. The largest absolute Gasteiger partial charge is 0.497 e. The smallest absolute Gasteiger partial charge is 0.251 e. The fraction of sp³-hybridized carbons (Fsp3) is 0.368. The van der Waals surface area contributed by atoms with Gasteiger partial charge in [0.1, 0.15) is 18.0 Å². The van der Waals surface area contributed by atoms with Gasteiger partial charge in [-0.3, -0.25) is 4.79 Å². The summed E-state index contributed by atoms with van der Waals surface area (Å²) in [6, 6.07) is 30.0. The number of anilines is 1. The molecule has 0 radical (unpaired) electrons. The van der Waals surface area contributed by atoms with Crippen molar-refractivity contribution < 1.29 is 18.8 Å². The van der Waals surface area contributed by atoms with Gasteiger partial charge in [0.2, 0.25) is 5.69 Å². The van der Waals surface area contributed by atoms with Gasteiger partial charge in [0, 0.05) is 69.5 Å². The quantitative estimate of drug-likeness (QED) is 0.122. The van der Waals surface area contributed by atoms with Gasteiger partial charge in [0.15, 0.2) is 5.71 Å². The van der Waals surface area contributed by atoms with Crippen molar-refractivity contribution in [3.05, 3.63) is 148 Å². The normalized spacial score (nSPS) is 19.3. The molecule has 2 aliphatic heterocycles. The molecule has 2 heterocycles. The predicted octanol–water partition coefficient (Wildman–Crippen LogP) is 12.8. The molecule has 0 saturated carbocycles. The number of carbonyl (C=O) groups is 1. The van der Waals surface area contributed by atoms with Crippen LogP contribution in [0.5, 0.6) is 11.5 Å². The fourth-order valence-electron chi connectivity index (χ4n) is 10.5. The third kappa shape index (κ3) is 8.45. The molecule has 1 amide bonds. The third-order valence-corrected chi connectivity index (χ3v) is 15.4. The molecule has 1 aliphatic carbocycles. The van der Waals surface area contributed by atoms with E-state index in [1.54, 1.807) is 14.2 Å². The van der Waals surface area contributed by atoms with E-state index in [-0.39, 0.29) is 22.2 Å². The Morgan fingerprint density at radius 1 is 0.831 bits per heavy atom. The molecular weight excluding hydrogens is 821 g/mol. The molecule has 1 atom stereocenters. The van der Waals surface area contributed by atoms with Crippen LogP contribution in [0.15, 0.2) is 136 Å². The zero-order valence-electron chi connectivity index (χ0n) is 40.3. The number of amides is 1. The number of likely N-dealkylation sites (N-methyl/N-ethyl adjacent to an activating group) is 1. The van der Waals surface area contributed by atoms with E-state index in [2.05, 4.69) is 174 Å². The molecule has 7 nitrogen and oxygen atoms in total. The highest BCUT2D eigenvalue weighted by molar-refractivity contribution is 8.03. The van der Waals surface area contributed by atoms with Crippen LogP contribution >= 0.6 is 11.8 Å². The van der Waals surface area contributed by atoms with E-state index in [4.69, 9.17) is 15.2 Å². The molecule has 0 bridgehead atoms. The Morgan fingerprint density at radius 2 is 1.48 bits per heavy atom. The molecule has 5 aromatic carbocycles. The SMILES string of the molecule is CCN1C(=CC=C2CC(C(C)(C)C)CC(C=CC3=[N+](CC)c4ccc5cc(OC)ccc5c4C3(C)C)=C2Sc2ccc(C(=O)NCCN)cc2)C(C)(C)c2c1ccc1cc(OC)ccc21. The lowest BCUT2D eigenvalue weighted by Crippen LogP contribution is -2.28. The van der Waals surface area contributed by atoms with Gasteiger partial charge in [-0.1, -0.05) is 76.7 Å². The molecule has 5 aromatic rings. The summed E-state index contributed by atoms with van der Waals surface area (Å²) in [5.74, 6) is 2.05. The fourth-order valence-corrected chi connectivity index (χ4v) is 11.6. The molecule has 65 heavy (non-hydrogen) atoms. The molecule has 3 N–H and O–H groups in total. The molecule has 8 rings (SSSR count). The zero-order chi connectivity index (χ0) is 46.4. The first-order chi connectivity index (χ1) is 31.0. The van der Waals surface area contributed by atoms with Gasteiger partial charge in [-0.25, -0.2) is 0 Å². The predicted molar refractivity (Wildman–Crippen MR) is 274 cm³/mol. The average molecular weight is 888 g/mol. The number of rotatable bonds is 12. The second kappa shape index (κ2) is 18.0. The minimum Gasteiger partial charge on any atom is -0.497 e. The van der Waals surface area contributed by atoms with Crippen LogP contribution in [0, 0.1) is 11.3 Å². The first kappa shape index (κ1) is 46.0. The Labute approximate surface area is 391 Å². The summed E-state index contributed by atoms with van der Waals surface area (Å²) in [4.78, 5) is 17.8. The van der Waals surface area contributed by atoms with Crippen molar-refractivity contribution in [3.63, 3.8) is 0 Å². The van der Waals surface area contributed by atoms with Crippen LogP contribution < -0.4 is 25.4 Å². The van der Waals surface area contributed by atoms with Crippen LogP contribution in [0.3, 0.4) is 0 Å². The van der Waals surface area contributed by atoms with Crippen LogP contribution in [0.4, 0.5) is 11.4 Å². The van der Waals surface area contributed by atoms with Crippen molar-refractivity contribution in [2.24, 2.45) is 17.1 Å². The van der Waals surface area contributed by atoms with Crippen LogP contribution in [-0.4, -0.2) is 56.6 Å². The highest BCUT2D eigenvalue weighted by Crippen LogP contribution is 2.53. The maximum absolute atomic E-state index is 12.9. The molecule has 0 saturated heterocycles.